The van der Waals surface area contributed by atoms with Crippen LogP contribution in [0.3, 0.4) is 0 Å². The van der Waals surface area contributed by atoms with Gasteiger partial charge in [0.25, 0.3) is 0 Å². The Morgan fingerprint density at radius 3 is 2.56 bits per heavy atom. The molecule has 4 N–H and O–H groups in total. The van der Waals surface area contributed by atoms with Crippen molar-refractivity contribution >= 4 is 28.4 Å². The van der Waals surface area contributed by atoms with Crippen molar-refractivity contribution in [3.63, 3.8) is 0 Å². The van der Waals surface area contributed by atoms with E-state index >= 15 is 0 Å². The van der Waals surface area contributed by atoms with Gasteiger partial charge in [0, 0.05) is 16.9 Å². The van der Waals surface area contributed by atoms with Crippen LogP contribution in [0, 0.1) is 0 Å². The van der Waals surface area contributed by atoms with Crippen LogP contribution in [-0.2, 0) is 4.74 Å². The molecule has 0 fully saturated rings. The average Bonchev–Trinajstić information content (AvgIpc) is 3.27. The molecule has 162 valence electrons. The summed E-state index contributed by atoms with van der Waals surface area (Å²) in [5.74, 6) is 1.08. The van der Waals surface area contributed by atoms with Crippen LogP contribution >= 0.6 is 11.3 Å². The highest BCUT2D eigenvalue weighted by Gasteiger charge is 2.14. The summed E-state index contributed by atoms with van der Waals surface area (Å²) in [6, 6.07) is 14.6. The standard InChI is InChI=1S/C24H22N4O3S/c1-30-20-4-2-3-18(13-20)15-5-7-17(8-6-15)22(29)31-19-11-9-16(10-12-19)21-14-32-24(27-21)28-23(25)26/h2,4-14,18H,3H2,1H3,(H4,25,26,27,28). The normalized spacial score (nSPS) is 15.0. The number of nitrogens with zero attached hydrogens (tertiary/aromatic N) is 2. The Bertz CT molecular complexity index is 1190. The molecule has 1 aromatic heterocycles. The molecule has 0 bridgehead atoms. The van der Waals surface area contributed by atoms with Gasteiger partial charge in [-0.05, 0) is 60.5 Å². The highest BCUT2D eigenvalue weighted by Crippen LogP contribution is 2.29. The monoisotopic (exact) mass is 446 g/mol. The van der Waals surface area contributed by atoms with Gasteiger partial charge in [-0.1, -0.05) is 18.2 Å². The topological polar surface area (TPSA) is 113 Å². The third kappa shape index (κ3) is 5.04. The zero-order chi connectivity index (χ0) is 22.5. The fraction of sp³-hybridized carbons (Fsp3) is 0.125. The molecule has 0 spiro atoms. The Labute approximate surface area is 189 Å². The molecular formula is C24H22N4O3S. The van der Waals surface area contributed by atoms with Gasteiger partial charge in [-0.25, -0.2) is 9.78 Å². The molecule has 0 aliphatic heterocycles. The number of allylic oxidation sites excluding steroid dienone is 3. The van der Waals surface area contributed by atoms with E-state index in [9.17, 15) is 4.79 Å². The Hall–Kier alpha value is -3.91. The Morgan fingerprint density at radius 1 is 1.12 bits per heavy atom. The summed E-state index contributed by atoms with van der Waals surface area (Å²) in [7, 11) is 1.66. The third-order valence-electron chi connectivity index (χ3n) is 4.93. The first-order valence-electron chi connectivity index (χ1n) is 9.92. The summed E-state index contributed by atoms with van der Waals surface area (Å²) in [6.45, 7) is 0. The van der Waals surface area contributed by atoms with E-state index in [2.05, 4.69) is 22.1 Å². The fourth-order valence-corrected chi connectivity index (χ4v) is 4.02. The van der Waals surface area contributed by atoms with Gasteiger partial charge in [-0.15, -0.1) is 11.3 Å². The summed E-state index contributed by atoms with van der Waals surface area (Å²) in [5.41, 5.74) is 14.0. The lowest BCUT2D eigenvalue weighted by molar-refractivity contribution is 0.0734. The minimum absolute atomic E-state index is 0.0343. The van der Waals surface area contributed by atoms with E-state index < -0.39 is 5.97 Å². The number of rotatable bonds is 6. The number of hydrogen-bond acceptors (Lipinski definition) is 6. The number of methoxy groups -OCH3 is 1. The van der Waals surface area contributed by atoms with Gasteiger partial charge in [0.2, 0.25) is 5.13 Å². The minimum Gasteiger partial charge on any atom is -0.497 e. The van der Waals surface area contributed by atoms with Gasteiger partial charge in [0.1, 0.15) is 11.5 Å². The van der Waals surface area contributed by atoms with Crippen LogP contribution in [0.4, 0.5) is 5.13 Å². The molecule has 0 saturated heterocycles. The van der Waals surface area contributed by atoms with Gasteiger partial charge in [-0.3, -0.25) is 0 Å². The Balaban J connectivity index is 1.40. The smallest absolute Gasteiger partial charge is 0.343 e. The summed E-state index contributed by atoms with van der Waals surface area (Å²) < 4.78 is 10.8. The van der Waals surface area contributed by atoms with Crippen LogP contribution < -0.4 is 16.2 Å². The lowest BCUT2D eigenvalue weighted by Crippen LogP contribution is -2.21. The van der Waals surface area contributed by atoms with E-state index in [0.29, 0.717) is 16.4 Å². The average molecular weight is 447 g/mol. The number of carbonyl (C=O) groups excluding carboxylic acids is 1. The van der Waals surface area contributed by atoms with Gasteiger partial charge in [0.05, 0.1) is 18.4 Å². The second-order valence-corrected chi connectivity index (χ2v) is 7.94. The van der Waals surface area contributed by atoms with Gasteiger partial charge >= 0.3 is 5.97 Å². The van der Waals surface area contributed by atoms with Crippen molar-refractivity contribution in [3.05, 3.63) is 89.0 Å². The molecule has 3 aromatic rings. The third-order valence-corrected chi connectivity index (χ3v) is 5.66. The van der Waals surface area contributed by atoms with Crippen LogP contribution in [-0.4, -0.2) is 24.0 Å². The predicted molar refractivity (Wildman–Crippen MR) is 126 cm³/mol. The van der Waals surface area contributed by atoms with Crippen LogP contribution in [0.15, 0.2) is 82.9 Å². The van der Waals surface area contributed by atoms with Crippen LogP contribution in [0.25, 0.3) is 11.3 Å². The number of aromatic nitrogens is 1. The maximum absolute atomic E-state index is 12.5. The molecule has 32 heavy (non-hydrogen) atoms. The highest BCUT2D eigenvalue weighted by molar-refractivity contribution is 7.13. The summed E-state index contributed by atoms with van der Waals surface area (Å²) in [5, 5.41) is 2.34. The number of guanidine groups is 1. The number of hydrogen-bond donors (Lipinski definition) is 2. The van der Waals surface area contributed by atoms with E-state index in [1.807, 2.05) is 35.7 Å². The zero-order valence-corrected chi connectivity index (χ0v) is 18.2. The number of nitrogens with two attached hydrogens (primary N) is 2. The van der Waals surface area contributed by atoms with Crippen LogP contribution in [0.2, 0.25) is 0 Å². The predicted octanol–water partition coefficient (Wildman–Crippen LogP) is 4.51. The van der Waals surface area contributed by atoms with E-state index in [0.717, 1.165) is 29.0 Å². The number of thiazole rings is 1. The van der Waals surface area contributed by atoms with E-state index in [1.165, 1.54) is 11.3 Å². The largest absolute Gasteiger partial charge is 0.497 e. The molecule has 8 heteroatoms. The molecule has 1 aliphatic rings. The Kier molecular flexibility index (Phi) is 6.32. The van der Waals surface area contributed by atoms with Gasteiger partial charge < -0.3 is 20.9 Å². The van der Waals surface area contributed by atoms with Crippen LogP contribution in [0.5, 0.6) is 5.75 Å². The molecule has 7 nitrogen and oxygen atoms in total. The first-order valence-corrected chi connectivity index (χ1v) is 10.8. The zero-order valence-electron chi connectivity index (χ0n) is 17.4. The van der Waals surface area contributed by atoms with Crippen molar-refractivity contribution in [2.45, 2.75) is 12.3 Å². The molecule has 1 atom stereocenters. The van der Waals surface area contributed by atoms with Gasteiger partial charge in [-0.2, -0.15) is 4.99 Å². The van der Waals surface area contributed by atoms with Crippen molar-refractivity contribution in [1.29, 1.82) is 0 Å². The first kappa shape index (κ1) is 21.3. The van der Waals surface area contributed by atoms with Gasteiger partial charge in [0.15, 0.2) is 5.96 Å². The lowest BCUT2D eigenvalue weighted by Gasteiger charge is -2.16. The molecule has 0 amide bonds. The lowest BCUT2D eigenvalue weighted by atomic mass is 9.91. The molecule has 4 rings (SSSR count). The quantitative estimate of drug-likeness (QED) is 0.249. The number of benzene rings is 2. The van der Waals surface area contributed by atoms with E-state index in [4.69, 9.17) is 20.9 Å². The molecular weight excluding hydrogens is 424 g/mol. The molecule has 2 aromatic carbocycles. The van der Waals surface area contributed by atoms with Crippen molar-refractivity contribution in [2.24, 2.45) is 16.5 Å². The molecule has 0 radical (unpaired) electrons. The molecule has 1 aliphatic carbocycles. The first-order chi connectivity index (χ1) is 15.5. The number of aliphatic imine (C=N–C) groups is 1. The molecule has 1 heterocycles. The van der Waals surface area contributed by atoms with Crippen molar-refractivity contribution in [1.82, 2.24) is 4.98 Å². The fourth-order valence-electron chi connectivity index (χ4n) is 3.31. The summed E-state index contributed by atoms with van der Waals surface area (Å²) in [6.07, 6.45) is 7.03. The van der Waals surface area contributed by atoms with Crippen LogP contribution in [0.1, 0.15) is 28.3 Å². The molecule has 1 unspecified atom stereocenters. The molecule has 0 saturated carbocycles. The summed E-state index contributed by atoms with van der Waals surface area (Å²) >= 11 is 1.34. The highest BCUT2D eigenvalue weighted by atomic mass is 32.1. The Morgan fingerprint density at radius 2 is 1.88 bits per heavy atom. The van der Waals surface area contributed by atoms with Crippen molar-refractivity contribution < 1.29 is 14.3 Å². The SMILES string of the molecule is COC1=CC(c2ccc(C(=O)Oc3ccc(-c4csc(N=C(N)N)n4)cc3)cc2)CC=C1. The van der Waals surface area contributed by atoms with Crippen molar-refractivity contribution in [2.75, 3.05) is 7.11 Å². The second kappa shape index (κ2) is 9.49. The van der Waals surface area contributed by atoms with Crippen molar-refractivity contribution in [3.8, 4) is 17.0 Å². The number of ether oxygens (including phenoxy) is 2. The number of carbonyl (C=O) groups is 1. The second-order valence-electron chi connectivity index (χ2n) is 7.11. The van der Waals surface area contributed by atoms with E-state index in [1.54, 1.807) is 31.4 Å². The van der Waals surface area contributed by atoms with E-state index in [-0.39, 0.29) is 11.9 Å². The number of esters is 1. The maximum atomic E-state index is 12.5. The summed E-state index contributed by atoms with van der Waals surface area (Å²) in [4.78, 5) is 20.8. The maximum Gasteiger partial charge on any atom is 0.343 e. The minimum atomic E-state index is -0.412.